The van der Waals surface area contributed by atoms with Crippen molar-refractivity contribution in [3.05, 3.63) is 47.1 Å². The van der Waals surface area contributed by atoms with Crippen LogP contribution in [0.3, 0.4) is 0 Å². The maximum atomic E-state index is 12.7. The normalized spacial score (nSPS) is 10.6. The number of carbonyl (C=O) groups excluding carboxylic acids is 1. The SMILES string of the molecule is COc1cc2ncn(CCCC(=O)Nc3ccc(N)nc3)c(=O)c2cc1OC. The third kappa shape index (κ3) is 4.20. The van der Waals surface area contributed by atoms with Gasteiger partial charge in [-0.2, -0.15) is 0 Å². The molecule has 3 aromatic rings. The van der Waals surface area contributed by atoms with Crippen LogP contribution >= 0.6 is 0 Å². The van der Waals surface area contributed by atoms with Crippen LogP contribution in [-0.4, -0.2) is 34.7 Å². The Kier molecular flexibility index (Phi) is 5.73. The zero-order chi connectivity index (χ0) is 20.1. The summed E-state index contributed by atoms with van der Waals surface area (Å²) >= 11 is 0. The van der Waals surface area contributed by atoms with Crippen molar-refractivity contribution in [2.24, 2.45) is 0 Å². The lowest BCUT2D eigenvalue weighted by Crippen LogP contribution is -2.22. The summed E-state index contributed by atoms with van der Waals surface area (Å²) in [4.78, 5) is 33.0. The van der Waals surface area contributed by atoms with E-state index in [2.05, 4.69) is 15.3 Å². The van der Waals surface area contributed by atoms with E-state index in [4.69, 9.17) is 15.2 Å². The molecule has 0 aliphatic rings. The summed E-state index contributed by atoms with van der Waals surface area (Å²) in [5.41, 5.74) is 6.41. The van der Waals surface area contributed by atoms with Crippen molar-refractivity contribution in [3.63, 3.8) is 0 Å². The van der Waals surface area contributed by atoms with E-state index in [1.54, 1.807) is 24.3 Å². The van der Waals surface area contributed by atoms with Crippen LogP contribution in [0.5, 0.6) is 11.5 Å². The van der Waals surface area contributed by atoms with Crippen molar-refractivity contribution in [2.45, 2.75) is 19.4 Å². The second-order valence-corrected chi connectivity index (χ2v) is 6.09. The summed E-state index contributed by atoms with van der Waals surface area (Å²) < 4.78 is 12.0. The van der Waals surface area contributed by atoms with E-state index in [-0.39, 0.29) is 17.9 Å². The number of aryl methyl sites for hydroxylation is 1. The van der Waals surface area contributed by atoms with Crippen LogP contribution in [0.15, 0.2) is 41.6 Å². The Bertz CT molecular complexity index is 1050. The standard InChI is InChI=1S/C19H21N5O4/c1-27-15-8-13-14(9-16(15)28-2)22-11-24(19(13)26)7-3-4-18(25)23-12-5-6-17(20)21-10-12/h5-6,8-11H,3-4,7H2,1-2H3,(H2,20,21)(H,23,25). The number of nitrogens with two attached hydrogens (primary N) is 1. The van der Waals surface area contributed by atoms with Gasteiger partial charge >= 0.3 is 0 Å². The van der Waals surface area contributed by atoms with Crippen LogP contribution in [0.4, 0.5) is 11.5 Å². The quantitative estimate of drug-likeness (QED) is 0.638. The highest BCUT2D eigenvalue weighted by Crippen LogP contribution is 2.29. The first kappa shape index (κ1) is 19.2. The average Bonchev–Trinajstić information content (AvgIpc) is 2.70. The number of carbonyl (C=O) groups is 1. The topological polar surface area (TPSA) is 121 Å². The van der Waals surface area contributed by atoms with E-state index in [1.807, 2.05) is 0 Å². The molecule has 0 aliphatic heterocycles. The lowest BCUT2D eigenvalue weighted by atomic mass is 10.2. The van der Waals surface area contributed by atoms with Gasteiger partial charge in [-0.25, -0.2) is 9.97 Å². The summed E-state index contributed by atoms with van der Waals surface area (Å²) in [5.74, 6) is 1.19. The van der Waals surface area contributed by atoms with Crippen LogP contribution < -0.4 is 26.1 Å². The second kappa shape index (κ2) is 8.38. The molecular formula is C19H21N5O4. The largest absolute Gasteiger partial charge is 0.493 e. The Morgan fingerprint density at radius 2 is 1.93 bits per heavy atom. The number of anilines is 2. The third-order valence-electron chi connectivity index (χ3n) is 4.20. The molecule has 9 nitrogen and oxygen atoms in total. The van der Waals surface area contributed by atoms with Gasteiger partial charge in [0, 0.05) is 19.0 Å². The fraction of sp³-hybridized carbons (Fsp3) is 0.263. The van der Waals surface area contributed by atoms with Gasteiger partial charge in [0.05, 0.1) is 43.3 Å². The van der Waals surface area contributed by atoms with E-state index < -0.39 is 0 Å². The minimum Gasteiger partial charge on any atom is -0.493 e. The number of nitrogen functional groups attached to an aromatic ring is 1. The first-order valence-electron chi connectivity index (χ1n) is 8.64. The average molecular weight is 383 g/mol. The predicted octanol–water partition coefficient (Wildman–Crippen LogP) is 1.81. The van der Waals surface area contributed by atoms with Crippen molar-refractivity contribution in [1.29, 1.82) is 0 Å². The smallest absolute Gasteiger partial charge is 0.261 e. The van der Waals surface area contributed by atoms with Crippen LogP contribution in [-0.2, 0) is 11.3 Å². The molecule has 0 saturated carbocycles. The third-order valence-corrected chi connectivity index (χ3v) is 4.20. The molecule has 1 amide bonds. The van der Waals surface area contributed by atoms with Gasteiger partial charge < -0.3 is 20.5 Å². The first-order chi connectivity index (χ1) is 13.5. The molecular weight excluding hydrogens is 362 g/mol. The molecule has 3 N–H and O–H groups in total. The lowest BCUT2D eigenvalue weighted by Gasteiger charge is -2.10. The highest BCUT2D eigenvalue weighted by atomic mass is 16.5. The van der Waals surface area contributed by atoms with E-state index in [1.165, 1.54) is 31.3 Å². The molecule has 3 rings (SSSR count). The molecule has 146 valence electrons. The summed E-state index contributed by atoms with van der Waals surface area (Å²) in [5, 5.41) is 3.17. The van der Waals surface area contributed by atoms with Crippen molar-refractivity contribution in [2.75, 3.05) is 25.3 Å². The molecule has 0 atom stereocenters. The van der Waals surface area contributed by atoms with E-state index in [9.17, 15) is 9.59 Å². The number of ether oxygens (including phenoxy) is 2. The van der Waals surface area contributed by atoms with Gasteiger partial charge in [0.15, 0.2) is 11.5 Å². The molecule has 2 aromatic heterocycles. The number of hydrogen-bond acceptors (Lipinski definition) is 7. The van der Waals surface area contributed by atoms with E-state index in [0.717, 1.165) is 0 Å². The summed E-state index contributed by atoms with van der Waals surface area (Å²) in [6, 6.07) is 6.56. The lowest BCUT2D eigenvalue weighted by molar-refractivity contribution is -0.116. The van der Waals surface area contributed by atoms with Crippen molar-refractivity contribution in [1.82, 2.24) is 14.5 Å². The monoisotopic (exact) mass is 383 g/mol. The van der Waals surface area contributed by atoms with Gasteiger partial charge in [-0.05, 0) is 24.6 Å². The molecule has 0 aliphatic carbocycles. The fourth-order valence-electron chi connectivity index (χ4n) is 2.76. The second-order valence-electron chi connectivity index (χ2n) is 6.09. The van der Waals surface area contributed by atoms with Gasteiger partial charge in [-0.15, -0.1) is 0 Å². The number of fused-ring (bicyclic) bond motifs is 1. The molecule has 0 saturated heterocycles. The minimum absolute atomic E-state index is 0.167. The molecule has 2 heterocycles. The number of aromatic nitrogens is 3. The van der Waals surface area contributed by atoms with Crippen molar-refractivity contribution in [3.8, 4) is 11.5 Å². The number of amides is 1. The van der Waals surface area contributed by atoms with Gasteiger partial charge in [-0.1, -0.05) is 0 Å². The Balaban J connectivity index is 1.67. The van der Waals surface area contributed by atoms with Crippen LogP contribution in [0, 0.1) is 0 Å². The maximum absolute atomic E-state index is 12.7. The van der Waals surface area contributed by atoms with Gasteiger partial charge in [-0.3, -0.25) is 14.2 Å². The van der Waals surface area contributed by atoms with Gasteiger partial charge in [0.2, 0.25) is 5.91 Å². The molecule has 0 spiro atoms. The van der Waals surface area contributed by atoms with Crippen LogP contribution in [0.25, 0.3) is 10.9 Å². The fourth-order valence-corrected chi connectivity index (χ4v) is 2.76. The minimum atomic E-state index is -0.200. The first-order valence-corrected chi connectivity index (χ1v) is 8.64. The maximum Gasteiger partial charge on any atom is 0.261 e. The predicted molar refractivity (Wildman–Crippen MR) is 106 cm³/mol. The molecule has 28 heavy (non-hydrogen) atoms. The molecule has 0 unspecified atom stereocenters. The highest BCUT2D eigenvalue weighted by Gasteiger charge is 2.11. The van der Waals surface area contributed by atoms with E-state index in [0.29, 0.717) is 46.9 Å². The summed E-state index contributed by atoms with van der Waals surface area (Å²) in [6.45, 7) is 0.365. The summed E-state index contributed by atoms with van der Waals surface area (Å²) in [6.07, 6.45) is 3.69. The van der Waals surface area contributed by atoms with Crippen molar-refractivity contribution >= 4 is 28.3 Å². The highest BCUT2D eigenvalue weighted by molar-refractivity contribution is 5.90. The molecule has 0 radical (unpaired) electrons. The molecule has 0 bridgehead atoms. The Hall–Kier alpha value is -3.62. The van der Waals surface area contributed by atoms with Gasteiger partial charge in [0.1, 0.15) is 5.82 Å². The number of hydrogen-bond donors (Lipinski definition) is 2. The number of nitrogens with zero attached hydrogens (tertiary/aromatic N) is 3. The molecule has 0 fully saturated rings. The Labute approximate surface area is 161 Å². The van der Waals surface area contributed by atoms with E-state index >= 15 is 0 Å². The molecule has 9 heteroatoms. The van der Waals surface area contributed by atoms with Crippen LogP contribution in [0.2, 0.25) is 0 Å². The summed E-state index contributed by atoms with van der Waals surface area (Å²) in [7, 11) is 3.03. The number of nitrogens with one attached hydrogen (secondary N) is 1. The number of pyridine rings is 1. The Morgan fingerprint density at radius 1 is 1.18 bits per heavy atom. The van der Waals surface area contributed by atoms with Crippen LogP contribution in [0.1, 0.15) is 12.8 Å². The number of benzene rings is 1. The zero-order valence-electron chi connectivity index (χ0n) is 15.6. The van der Waals surface area contributed by atoms with Crippen molar-refractivity contribution < 1.29 is 14.3 Å². The Morgan fingerprint density at radius 3 is 2.61 bits per heavy atom. The number of methoxy groups -OCH3 is 2. The molecule has 1 aromatic carbocycles. The zero-order valence-corrected chi connectivity index (χ0v) is 15.6. The number of rotatable bonds is 7. The van der Waals surface area contributed by atoms with Gasteiger partial charge in [0.25, 0.3) is 5.56 Å².